The SMILES string of the molecule is COc1cc(C(=O)O)c(N)c(O)c1O. The van der Waals surface area contributed by atoms with Crippen LogP contribution in [-0.4, -0.2) is 28.4 Å². The van der Waals surface area contributed by atoms with Crippen molar-refractivity contribution in [2.75, 3.05) is 12.8 Å². The van der Waals surface area contributed by atoms with Gasteiger partial charge in [0.2, 0.25) is 5.75 Å². The molecule has 0 fully saturated rings. The molecule has 0 aliphatic heterocycles. The number of aromatic hydroxyl groups is 2. The summed E-state index contributed by atoms with van der Waals surface area (Å²) >= 11 is 0. The molecule has 1 aromatic carbocycles. The van der Waals surface area contributed by atoms with Crippen molar-refractivity contribution in [1.29, 1.82) is 0 Å². The van der Waals surface area contributed by atoms with Crippen LogP contribution in [0, 0.1) is 0 Å². The summed E-state index contributed by atoms with van der Waals surface area (Å²) in [4.78, 5) is 10.6. The first-order valence-corrected chi connectivity index (χ1v) is 3.60. The zero-order chi connectivity index (χ0) is 10.9. The maximum atomic E-state index is 10.6. The number of nitrogens with two attached hydrogens (primary N) is 1. The fourth-order valence-electron chi connectivity index (χ4n) is 0.982. The molecule has 0 saturated heterocycles. The first-order valence-electron chi connectivity index (χ1n) is 3.60. The summed E-state index contributed by atoms with van der Waals surface area (Å²) in [6.45, 7) is 0. The van der Waals surface area contributed by atoms with E-state index in [1.54, 1.807) is 0 Å². The van der Waals surface area contributed by atoms with Crippen LogP contribution in [0.5, 0.6) is 17.2 Å². The molecule has 14 heavy (non-hydrogen) atoms. The number of rotatable bonds is 2. The number of hydrogen-bond donors (Lipinski definition) is 4. The van der Waals surface area contributed by atoms with E-state index < -0.39 is 23.2 Å². The molecular weight excluding hydrogens is 190 g/mol. The third-order valence-electron chi connectivity index (χ3n) is 1.73. The van der Waals surface area contributed by atoms with E-state index >= 15 is 0 Å². The number of hydrogen-bond acceptors (Lipinski definition) is 5. The topological polar surface area (TPSA) is 113 Å². The molecule has 0 saturated carbocycles. The molecule has 0 spiro atoms. The number of anilines is 1. The Labute approximate surface area is 79.2 Å². The second-order valence-corrected chi connectivity index (χ2v) is 2.54. The number of carboxylic acids is 1. The number of benzene rings is 1. The molecule has 0 unspecified atom stereocenters. The first kappa shape index (κ1) is 9.97. The van der Waals surface area contributed by atoms with Gasteiger partial charge in [0.15, 0.2) is 11.5 Å². The molecule has 0 aliphatic carbocycles. The summed E-state index contributed by atoms with van der Waals surface area (Å²) in [5, 5.41) is 27.1. The van der Waals surface area contributed by atoms with Crippen LogP contribution in [0.15, 0.2) is 6.07 Å². The molecule has 5 N–H and O–H groups in total. The summed E-state index contributed by atoms with van der Waals surface area (Å²) in [5.74, 6) is -2.72. The zero-order valence-electron chi connectivity index (χ0n) is 7.31. The number of nitrogen functional groups attached to an aromatic ring is 1. The van der Waals surface area contributed by atoms with Gasteiger partial charge in [0.1, 0.15) is 0 Å². The summed E-state index contributed by atoms with van der Waals surface area (Å²) < 4.78 is 4.64. The molecule has 0 heterocycles. The van der Waals surface area contributed by atoms with Crippen molar-refractivity contribution in [1.82, 2.24) is 0 Å². The minimum atomic E-state index is -1.31. The number of carbonyl (C=O) groups is 1. The normalized spacial score (nSPS) is 9.79. The number of phenols is 2. The van der Waals surface area contributed by atoms with Crippen LogP contribution in [0.3, 0.4) is 0 Å². The lowest BCUT2D eigenvalue weighted by Crippen LogP contribution is -2.03. The van der Waals surface area contributed by atoms with Gasteiger partial charge in [0.05, 0.1) is 18.4 Å². The van der Waals surface area contributed by atoms with E-state index in [0.29, 0.717) is 0 Å². The Balaban J connectivity index is 3.48. The molecule has 76 valence electrons. The molecule has 0 amide bonds. The van der Waals surface area contributed by atoms with Crippen LogP contribution in [0.2, 0.25) is 0 Å². The van der Waals surface area contributed by atoms with Crippen LogP contribution in [-0.2, 0) is 0 Å². The van der Waals surface area contributed by atoms with Crippen LogP contribution in [0.25, 0.3) is 0 Å². The van der Waals surface area contributed by atoms with Crippen molar-refractivity contribution < 1.29 is 24.9 Å². The van der Waals surface area contributed by atoms with Gasteiger partial charge in [-0.15, -0.1) is 0 Å². The highest BCUT2D eigenvalue weighted by atomic mass is 16.5. The largest absolute Gasteiger partial charge is 0.503 e. The maximum absolute atomic E-state index is 10.6. The summed E-state index contributed by atoms with van der Waals surface area (Å²) in [6.07, 6.45) is 0. The summed E-state index contributed by atoms with van der Waals surface area (Å²) in [7, 11) is 1.23. The third-order valence-corrected chi connectivity index (χ3v) is 1.73. The van der Waals surface area contributed by atoms with E-state index in [4.69, 9.17) is 10.8 Å². The highest BCUT2D eigenvalue weighted by molar-refractivity contribution is 5.96. The van der Waals surface area contributed by atoms with Gasteiger partial charge in [-0.1, -0.05) is 0 Å². The molecule has 0 aromatic heterocycles. The van der Waals surface area contributed by atoms with Crippen molar-refractivity contribution in [2.24, 2.45) is 0 Å². The lowest BCUT2D eigenvalue weighted by atomic mass is 10.1. The van der Waals surface area contributed by atoms with Crippen LogP contribution < -0.4 is 10.5 Å². The molecule has 6 nitrogen and oxygen atoms in total. The molecular formula is C8H9NO5. The Kier molecular flexibility index (Phi) is 2.37. The van der Waals surface area contributed by atoms with Gasteiger partial charge < -0.3 is 25.8 Å². The van der Waals surface area contributed by atoms with E-state index in [1.165, 1.54) is 7.11 Å². The van der Waals surface area contributed by atoms with Gasteiger partial charge in [-0.2, -0.15) is 0 Å². The number of phenolic OH excluding ortho intramolecular Hbond substituents is 2. The van der Waals surface area contributed by atoms with Gasteiger partial charge in [-0.3, -0.25) is 0 Å². The summed E-state index contributed by atoms with van der Waals surface area (Å²) in [5.41, 5.74) is 4.55. The maximum Gasteiger partial charge on any atom is 0.338 e. The highest BCUT2D eigenvalue weighted by Gasteiger charge is 2.19. The highest BCUT2D eigenvalue weighted by Crippen LogP contribution is 2.41. The molecule has 0 bridgehead atoms. The van der Waals surface area contributed by atoms with Crippen LogP contribution >= 0.6 is 0 Å². The van der Waals surface area contributed by atoms with Crippen LogP contribution in [0.4, 0.5) is 5.69 Å². The van der Waals surface area contributed by atoms with Crippen molar-refractivity contribution >= 4 is 11.7 Å². The molecule has 1 rings (SSSR count). The number of ether oxygens (including phenoxy) is 1. The lowest BCUT2D eigenvalue weighted by Gasteiger charge is -2.09. The smallest absolute Gasteiger partial charge is 0.338 e. The van der Waals surface area contributed by atoms with Gasteiger partial charge in [0.25, 0.3) is 0 Å². The minimum Gasteiger partial charge on any atom is -0.503 e. The third kappa shape index (κ3) is 1.37. The van der Waals surface area contributed by atoms with E-state index in [-0.39, 0.29) is 11.3 Å². The predicted octanol–water partition coefficient (Wildman–Crippen LogP) is 0.387. The minimum absolute atomic E-state index is 0.144. The number of methoxy groups -OCH3 is 1. The van der Waals surface area contributed by atoms with E-state index in [9.17, 15) is 15.0 Å². The molecule has 0 radical (unpaired) electrons. The second-order valence-electron chi connectivity index (χ2n) is 2.54. The summed E-state index contributed by atoms with van der Waals surface area (Å²) in [6, 6.07) is 1.03. The Morgan fingerprint density at radius 3 is 2.43 bits per heavy atom. The Morgan fingerprint density at radius 2 is 2.00 bits per heavy atom. The zero-order valence-corrected chi connectivity index (χ0v) is 7.31. The van der Waals surface area contributed by atoms with Crippen molar-refractivity contribution in [3.05, 3.63) is 11.6 Å². The van der Waals surface area contributed by atoms with E-state index in [0.717, 1.165) is 6.07 Å². The Morgan fingerprint density at radius 1 is 1.43 bits per heavy atom. The number of aromatic carboxylic acids is 1. The molecule has 0 atom stereocenters. The lowest BCUT2D eigenvalue weighted by molar-refractivity contribution is 0.0697. The van der Waals surface area contributed by atoms with Gasteiger partial charge in [-0.25, -0.2) is 4.79 Å². The fourth-order valence-corrected chi connectivity index (χ4v) is 0.982. The first-order chi connectivity index (χ1) is 6.49. The van der Waals surface area contributed by atoms with E-state index in [1.807, 2.05) is 0 Å². The predicted molar refractivity (Wildman–Crippen MR) is 47.7 cm³/mol. The molecule has 6 heteroatoms. The average molecular weight is 199 g/mol. The van der Waals surface area contributed by atoms with Gasteiger partial charge in [-0.05, 0) is 0 Å². The average Bonchev–Trinajstić information content (AvgIpc) is 2.14. The van der Waals surface area contributed by atoms with Crippen molar-refractivity contribution in [3.63, 3.8) is 0 Å². The van der Waals surface area contributed by atoms with Crippen molar-refractivity contribution in [2.45, 2.75) is 0 Å². The Bertz CT molecular complexity index is 388. The van der Waals surface area contributed by atoms with Gasteiger partial charge in [0, 0.05) is 6.07 Å². The van der Waals surface area contributed by atoms with E-state index in [2.05, 4.69) is 4.74 Å². The monoisotopic (exact) mass is 199 g/mol. The second kappa shape index (κ2) is 3.33. The fraction of sp³-hybridized carbons (Fsp3) is 0.125. The molecule has 0 aliphatic rings. The quantitative estimate of drug-likeness (QED) is 0.404. The standard InChI is InChI=1S/C8H9NO5/c1-14-4-2-3(8(12)13)5(9)7(11)6(4)10/h2,10-11H,9H2,1H3,(H,12,13). The van der Waals surface area contributed by atoms with Gasteiger partial charge >= 0.3 is 5.97 Å². The number of carboxylic acid groups (broad SMARTS) is 1. The van der Waals surface area contributed by atoms with Crippen molar-refractivity contribution in [3.8, 4) is 17.2 Å². The Hall–Kier alpha value is -2.11. The molecule has 1 aromatic rings. The van der Waals surface area contributed by atoms with Crippen LogP contribution in [0.1, 0.15) is 10.4 Å².